The van der Waals surface area contributed by atoms with Gasteiger partial charge < -0.3 is 9.84 Å². The first-order valence-corrected chi connectivity index (χ1v) is 6.73. The number of rotatable bonds is 3. The van der Waals surface area contributed by atoms with Crippen molar-refractivity contribution in [2.24, 2.45) is 0 Å². The van der Waals surface area contributed by atoms with Crippen LogP contribution in [-0.2, 0) is 6.42 Å². The first kappa shape index (κ1) is 13.4. The average molecular weight is 282 g/mol. The van der Waals surface area contributed by atoms with Gasteiger partial charge in [0.05, 0.1) is 5.56 Å². The lowest BCUT2D eigenvalue weighted by Crippen LogP contribution is -2.09. The number of aromatic carboxylic acids is 1. The zero-order valence-corrected chi connectivity index (χ0v) is 11.5. The summed E-state index contributed by atoms with van der Waals surface area (Å²) in [5, 5.41) is 9.18. The van der Waals surface area contributed by atoms with Crippen LogP contribution in [0, 0.1) is 0 Å². The van der Waals surface area contributed by atoms with Crippen molar-refractivity contribution in [3.05, 3.63) is 64.7 Å². The minimum atomic E-state index is -1.10. The Bertz CT molecular complexity index is 733. The molecule has 0 amide bonds. The predicted octanol–water partition coefficient (Wildman–Crippen LogP) is 2.94. The van der Waals surface area contributed by atoms with E-state index < -0.39 is 5.97 Å². The van der Waals surface area contributed by atoms with Gasteiger partial charge >= 0.3 is 5.97 Å². The first-order chi connectivity index (χ1) is 10.1. The summed E-state index contributed by atoms with van der Waals surface area (Å²) in [4.78, 5) is 23.8. The molecule has 1 unspecified atom stereocenters. The van der Waals surface area contributed by atoms with Gasteiger partial charge in [0, 0.05) is 17.5 Å². The molecule has 4 nitrogen and oxygen atoms in total. The zero-order valence-electron chi connectivity index (χ0n) is 11.5. The van der Waals surface area contributed by atoms with Crippen LogP contribution < -0.4 is 4.74 Å². The topological polar surface area (TPSA) is 63.6 Å². The molecule has 2 aromatic rings. The Morgan fingerprint density at radius 3 is 2.57 bits per heavy atom. The number of ether oxygens (including phenoxy) is 1. The van der Waals surface area contributed by atoms with Crippen molar-refractivity contribution in [1.82, 2.24) is 0 Å². The smallest absolute Gasteiger partial charge is 0.336 e. The number of carboxylic acids is 1. The molecule has 1 heterocycles. The van der Waals surface area contributed by atoms with Gasteiger partial charge in [0.1, 0.15) is 11.9 Å². The molecule has 0 aliphatic carbocycles. The summed E-state index contributed by atoms with van der Waals surface area (Å²) in [6.07, 6.45) is 0.869. The second-order valence-electron chi connectivity index (χ2n) is 5.13. The van der Waals surface area contributed by atoms with Crippen LogP contribution in [0.5, 0.6) is 5.75 Å². The van der Waals surface area contributed by atoms with E-state index in [9.17, 15) is 14.7 Å². The molecule has 1 N–H and O–H groups in total. The predicted molar refractivity (Wildman–Crippen MR) is 77.1 cm³/mol. The van der Waals surface area contributed by atoms with Crippen molar-refractivity contribution in [3.8, 4) is 5.75 Å². The van der Waals surface area contributed by atoms with Gasteiger partial charge in [0.2, 0.25) is 0 Å². The molecule has 21 heavy (non-hydrogen) atoms. The van der Waals surface area contributed by atoms with E-state index in [-0.39, 0.29) is 23.0 Å². The van der Waals surface area contributed by atoms with Gasteiger partial charge in [-0.25, -0.2) is 4.79 Å². The van der Waals surface area contributed by atoms with Gasteiger partial charge in [-0.2, -0.15) is 0 Å². The highest BCUT2D eigenvalue weighted by atomic mass is 16.5. The Morgan fingerprint density at radius 1 is 1.14 bits per heavy atom. The summed E-state index contributed by atoms with van der Waals surface area (Å²) >= 11 is 0. The van der Waals surface area contributed by atoms with Crippen LogP contribution in [0.4, 0.5) is 0 Å². The fourth-order valence-electron chi connectivity index (χ4n) is 2.59. The minimum Gasteiger partial charge on any atom is -0.490 e. The molecule has 1 aliphatic rings. The van der Waals surface area contributed by atoms with Gasteiger partial charge in [0.25, 0.3) is 0 Å². The first-order valence-electron chi connectivity index (χ1n) is 6.73. The molecule has 0 spiro atoms. The maximum Gasteiger partial charge on any atom is 0.336 e. The summed E-state index contributed by atoms with van der Waals surface area (Å²) in [5.41, 5.74) is 1.70. The molecule has 4 heteroatoms. The highest BCUT2D eigenvalue weighted by Gasteiger charge is 2.22. The summed E-state index contributed by atoms with van der Waals surface area (Å²) in [6, 6.07) is 11.5. The van der Waals surface area contributed by atoms with Crippen molar-refractivity contribution in [2.75, 3.05) is 0 Å². The second kappa shape index (κ2) is 5.05. The van der Waals surface area contributed by atoms with E-state index in [1.165, 1.54) is 12.1 Å². The van der Waals surface area contributed by atoms with Crippen molar-refractivity contribution < 1.29 is 19.4 Å². The minimum absolute atomic E-state index is 0.0209. The number of benzene rings is 2. The van der Waals surface area contributed by atoms with Crippen LogP contribution in [0.15, 0.2) is 42.5 Å². The molecule has 0 saturated heterocycles. The number of fused-ring (bicyclic) bond motifs is 1. The molecular weight excluding hydrogens is 268 g/mol. The number of ketones is 1. The monoisotopic (exact) mass is 282 g/mol. The van der Waals surface area contributed by atoms with E-state index in [1.807, 2.05) is 6.92 Å². The van der Waals surface area contributed by atoms with Crippen molar-refractivity contribution in [3.63, 3.8) is 0 Å². The van der Waals surface area contributed by atoms with Crippen molar-refractivity contribution in [2.45, 2.75) is 19.4 Å². The largest absolute Gasteiger partial charge is 0.490 e. The molecule has 2 aromatic carbocycles. The van der Waals surface area contributed by atoms with Crippen LogP contribution in [-0.4, -0.2) is 23.0 Å². The lowest BCUT2D eigenvalue weighted by atomic mass is 9.96. The summed E-state index contributed by atoms with van der Waals surface area (Å²) in [5.74, 6) is -0.585. The number of carboxylic acid groups (broad SMARTS) is 1. The number of hydrogen-bond donors (Lipinski definition) is 1. The molecular formula is C17H14O4. The summed E-state index contributed by atoms with van der Waals surface area (Å²) in [6.45, 7) is 1.97. The van der Waals surface area contributed by atoms with Crippen LogP contribution in [0.3, 0.4) is 0 Å². The van der Waals surface area contributed by atoms with Crippen LogP contribution >= 0.6 is 0 Å². The third-order valence-corrected chi connectivity index (χ3v) is 3.56. The molecule has 0 aromatic heterocycles. The maximum absolute atomic E-state index is 12.5. The zero-order chi connectivity index (χ0) is 15.0. The van der Waals surface area contributed by atoms with E-state index in [0.29, 0.717) is 5.56 Å². The summed E-state index contributed by atoms with van der Waals surface area (Å²) < 4.78 is 5.60. The molecule has 0 saturated carbocycles. The van der Waals surface area contributed by atoms with Crippen LogP contribution in [0.2, 0.25) is 0 Å². The fraction of sp³-hybridized carbons (Fsp3) is 0.176. The molecule has 1 aliphatic heterocycles. The van der Waals surface area contributed by atoms with Gasteiger partial charge in [0.15, 0.2) is 5.78 Å². The highest BCUT2D eigenvalue weighted by molar-refractivity contribution is 6.14. The van der Waals surface area contributed by atoms with E-state index in [4.69, 9.17) is 4.74 Å². The third kappa shape index (κ3) is 2.40. The lowest BCUT2D eigenvalue weighted by molar-refractivity contribution is 0.0693. The second-order valence-corrected chi connectivity index (χ2v) is 5.13. The molecule has 0 fully saturated rings. The number of carbonyl (C=O) groups is 2. The Balaban J connectivity index is 2.01. The third-order valence-electron chi connectivity index (χ3n) is 3.56. The Kier molecular flexibility index (Phi) is 3.22. The molecule has 106 valence electrons. The van der Waals surface area contributed by atoms with Gasteiger partial charge in [-0.1, -0.05) is 18.2 Å². The average Bonchev–Trinajstić information content (AvgIpc) is 2.85. The highest BCUT2D eigenvalue weighted by Crippen LogP contribution is 2.30. The van der Waals surface area contributed by atoms with E-state index in [0.717, 1.165) is 17.7 Å². The fourth-order valence-corrected chi connectivity index (χ4v) is 2.59. The molecule has 0 bridgehead atoms. The van der Waals surface area contributed by atoms with Gasteiger partial charge in [-0.15, -0.1) is 0 Å². The SMILES string of the molecule is CC1Cc2cc(C(=O)c3ccccc3C(=O)O)ccc2O1. The standard InChI is InChI=1S/C17H14O4/c1-10-8-12-9-11(6-7-15(12)21-10)16(18)13-4-2-3-5-14(13)17(19)20/h2-7,9-10H,8H2,1H3,(H,19,20). The Labute approximate surface area is 122 Å². The van der Waals surface area contributed by atoms with Crippen LogP contribution in [0.1, 0.15) is 38.8 Å². The normalized spacial score (nSPS) is 16.1. The van der Waals surface area contributed by atoms with Crippen molar-refractivity contribution in [1.29, 1.82) is 0 Å². The van der Waals surface area contributed by atoms with E-state index >= 15 is 0 Å². The van der Waals surface area contributed by atoms with Crippen molar-refractivity contribution >= 4 is 11.8 Å². The summed E-state index contributed by atoms with van der Waals surface area (Å²) in [7, 11) is 0. The van der Waals surface area contributed by atoms with Crippen LogP contribution in [0.25, 0.3) is 0 Å². The number of hydrogen-bond acceptors (Lipinski definition) is 3. The molecule has 3 rings (SSSR count). The Morgan fingerprint density at radius 2 is 1.86 bits per heavy atom. The Hall–Kier alpha value is -2.62. The van der Waals surface area contributed by atoms with E-state index in [1.54, 1.807) is 30.3 Å². The molecule has 0 radical (unpaired) electrons. The van der Waals surface area contributed by atoms with Gasteiger partial charge in [-0.3, -0.25) is 4.79 Å². The lowest BCUT2D eigenvalue weighted by Gasteiger charge is -2.06. The van der Waals surface area contributed by atoms with Gasteiger partial charge in [-0.05, 0) is 36.8 Å². The quantitative estimate of drug-likeness (QED) is 0.879. The molecule has 1 atom stereocenters. The number of carbonyl (C=O) groups excluding carboxylic acids is 1. The van der Waals surface area contributed by atoms with E-state index in [2.05, 4.69) is 0 Å². The maximum atomic E-state index is 12.5.